The van der Waals surface area contributed by atoms with Gasteiger partial charge in [-0.15, -0.1) is 0 Å². The summed E-state index contributed by atoms with van der Waals surface area (Å²) in [6.07, 6.45) is -0.835. The van der Waals surface area contributed by atoms with Crippen LogP contribution in [0.2, 0.25) is 0 Å². The van der Waals surface area contributed by atoms with Gasteiger partial charge >= 0.3 is 0 Å². The van der Waals surface area contributed by atoms with E-state index >= 15 is 0 Å². The highest BCUT2D eigenvalue weighted by molar-refractivity contribution is 5.31. The average Bonchev–Trinajstić information content (AvgIpc) is 2.18. The second kappa shape index (κ2) is 4.80. The van der Waals surface area contributed by atoms with Crippen molar-refractivity contribution in [3.8, 4) is 5.75 Å². The zero-order valence-electron chi connectivity index (χ0n) is 9.83. The summed E-state index contributed by atoms with van der Waals surface area (Å²) >= 11 is 0. The molecule has 1 aromatic rings. The summed E-state index contributed by atoms with van der Waals surface area (Å²) in [5.41, 5.74) is 5.30. The van der Waals surface area contributed by atoms with Crippen LogP contribution in [0, 0.1) is 5.82 Å². The first-order valence-corrected chi connectivity index (χ1v) is 5.20. The molecule has 0 aromatic heterocycles. The monoisotopic (exact) mass is 227 g/mol. The zero-order chi connectivity index (χ0) is 12.3. The normalized spacial score (nSPS) is 13.6. The molecule has 0 aliphatic rings. The molecule has 4 heteroatoms. The molecule has 16 heavy (non-hydrogen) atoms. The summed E-state index contributed by atoms with van der Waals surface area (Å²) in [6, 6.07) is 4.37. The Morgan fingerprint density at radius 2 is 2.06 bits per heavy atom. The van der Waals surface area contributed by atoms with E-state index in [0.29, 0.717) is 5.56 Å². The second-order valence-electron chi connectivity index (χ2n) is 4.66. The number of rotatable bonds is 3. The maximum atomic E-state index is 13.6. The van der Waals surface area contributed by atoms with E-state index in [-0.39, 0.29) is 12.3 Å². The van der Waals surface area contributed by atoms with Crippen LogP contribution in [0.4, 0.5) is 4.39 Å². The largest absolute Gasteiger partial charge is 0.485 e. The van der Waals surface area contributed by atoms with E-state index in [1.165, 1.54) is 12.1 Å². The van der Waals surface area contributed by atoms with Crippen molar-refractivity contribution < 1.29 is 14.2 Å². The van der Waals surface area contributed by atoms with Crippen molar-refractivity contribution in [3.63, 3.8) is 0 Å². The number of hydrogen-bond acceptors (Lipinski definition) is 3. The van der Waals surface area contributed by atoms with E-state index in [4.69, 9.17) is 10.5 Å². The Kier molecular flexibility index (Phi) is 3.88. The quantitative estimate of drug-likeness (QED) is 0.830. The Labute approximate surface area is 95.0 Å². The Balaban J connectivity index is 2.92. The lowest BCUT2D eigenvalue weighted by molar-refractivity contribution is 0.124. The lowest BCUT2D eigenvalue weighted by atomic mass is 10.1. The van der Waals surface area contributed by atoms with E-state index in [9.17, 15) is 9.50 Å². The van der Waals surface area contributed by atoms with E-state index in [2.05, 4.69) is 0 Å². The highest BCUT2D eigenvalue weighted by Gasteiger charge is 2.16. The van der Waals surface area contributed by atoms with Gasteiger partial charge in [-0.25, -0.2) is 4.39 Å². The highest BCUT2D eigenvalue weighted by atomic mass is 19.1. The molecule has 90 valence electrons. The number of nitrogens with two attached hydrogens (primary N) is 1. The van der Waals surface area contributed by atoms with Crippen molar-refractivity contribution in [2.75, 3.05) is 6.54 Å². The summed E-state index contributed by atoms with van der Waals surface area (Å²) in [5, 5.41) is 9.44. The van der Waals surface area contributed by atoms with Crippen LogP contribution in [-0.4, -0.2) is 17.3 Å². The fraction of sp³-hybridized carbons (Fsp3) is 0.500. The lowest BCUT2D eigenvalue weighted by Gasteiger charge is -2.22. The molecule has 0 amide bonds. The van der Waals surface area contributed by atoms with E-state index in [1.54, 1.807) is 6.07 Å². The minimum atomic E-state index is -0.835. The van der Waals surface area contributed by atoms with Gasteiger partial charge in [-0.1, -0.05) is 6.07 Å². The summed E-state index contributed by atoms with van der Waals surface area (Å²) < 4.78 is 19.0. The van der Waals surface area contributed by atoms with Gasteiger partial charge in [-0.2, -0.15) is 0 Å². The first-order chi connectivity index (χ1) is 7.33. The topological polar surface area (TPSA) is 55.5 Å². The Bertz CT molecular complexity index is 361. The summed E-state index contributed by atoms with van der Waals surface area (Å²) in [5.74, 6) is -0.305. The molecule has 0 spiro atoms. The molecule has 0 radical (unpaired) electrons. The molecular formula is C12H18FNO2. The van der Waals surface area contributed by atoms with Crippen molar-refractivity contribution in [1.29, 1.82) is 0 Å². The number of aliphatic hydroxyl groups excluding tert-OH is 1. The number of aliphatic hydroxyl groups is 1. The van der Waals surface area contributed by atoms with Crippen LogP contribution < -0.4 is 10.5 Å². The number of hydrogen-bond donors (Lipinski definition) is 2. The van der Waals surface area contributed by atoms with Gasteiger partial charge in [0.1, 0.15) is 5.60 Å². The predicted octanol–water partition coefficient (Wildman–Crippen LogP) is 2.00. The van der Waals surface area contributed by atoms with Crippen molar-refractivity contribution in [2.24, 2.45) is 5.73 Å². The SMILES string of the molecule is CC(C)(C)Oc1ccc(C(O)CN)cc1F. The van der Waals surface area contributed by atoms with Crippen LogP contribution >= 0.6 is 0 Å². The molecule has 1 atom stereocenters. The van der Waals surface area contributed by atoms with Crippen LogP contribution in [0.15, 0.2) is 18.2 Å². The van der Waals surface area contributed by atoms with Gasteiger partial charge in [0.05, 0.1) is 6.10 Å². The molecule has 3 N–H and O–H groups in total. The summed E-state index contributed by atoms with van der Waals surface area (Å²) in [4.78, 5) is 0. The third-order valence-electron chi connectivity index (χ3n) is 1.98. The molecule has 0 aliphatic carbocycles. The minimum Gasteiger partial charge on any atom is -0.485 e. The van der Waals surface area contributed by atoms with Gasteiger partial charge in [0, 0.05) is 6.54 Å². The predicted molar refractivity (Wildman–Crippen MR) is 60.8 cm³/mol. The van der Waals surface area contributed by atoms with Crippen LogP contribution in [0.25, 0.3) is 0 Å². The summed E-state index contributed by atoms with van der Waals surface area (Å²) in [7, 11) is 0. The first-order valence-electron chi connectivity index (χ1n) is 5.20. The van der Waals surface area contributed by atoms with Crippen molar-refractivity contribution >= 4 is 0 Å². The third-order valence-corrected chi connectivity index (χ3v) is 1.98. The van der Waals surface area contributed by atoms with Crippen molar-refractivity contribution in [2.45, 2.75) is 32.5 Å². The smallest absolute Gasteiger partial charge is 0.165 e. The van der Waals surface area contributed by atoms with Gasteiger partial charge in [-0.05, 0) is 38.5 Å². The first kappa shape index (κ1) is 12.9. The highest BCUT2D eigenvalue weighted by Crippen LogP contribution is 2.25. The maximum absolute atomic E-state index is 13.6. The molecule has 1 rings (SSSR count). The molecule has 0 fully saturated rings. The van der Waals surface area contributed by atoms with Crippen LogP contribution in [0.5, 0.6) is 5.75 Å². The maximum Gasteiger partial charge on any atom is 0.165 e. The van der Waals surface area contributed by atoms with Gasteiger partial charge in [0.25, 0.3) is 0 Å². The number of ether oxygens (including phenoxy) is 1. The standard InChI is InChI=1S/C12H18FNO2/c1-12(2,3)16-11-5-4-8(6-9(11)13)10(15)7-14/h4-6,10,15H,7,14H2,1-3H3. The lowest BCUT2D eigenvalue weighted by Crippen LogP contribution is -2.23. The molecule has 0 saturated heterocycles. The Hall–Kier alpha value is -1.13. The van der Waals surface area contributed by atoms with Gasteiger partial charge < -0.3 is 15.6 Å². The fourth-order valence-corrected chi connectivity index (χ4v) is 1.27. The van der Waals surface area contributed by atoms with E-state index in [0.717, 1.165) is 0 Å². The fourth-order valence-electron chi connectivity index (χ4n) is 1.27. The molecule has 1 aromatic carbocycles. The van der Waals surface area contributed by atoms with Crippen LogP contribution in [-0.2, 0) is 0 Å². The molecule has 1 unspecified atom stereocenters. The van der Waals surface area contributed by atoms with Crippen molar-refractivity contribution in [3.05, 3.63) is 29.6 Å². The van der Waals surface area contributed by atoms with E-state index < -0.39 is 17.5 Å². The van der Waals surface area contributed by atoms with Gasteiger partial charge in [-0.3, -0.25) is 0 Å². The molecule has 0 saturated carbocycles. The van der Waals surface area contributed by atoms with Gasteiger partial charge in [0.15, 0.2) is 11.6 Å². The zero-order valence-corrected chi connectivity index (χ0v) is 9.83. The summed E-state index contributed by atoms with van der Waals surface area (Å²) in [6.45, 7) is 5.60. The molecule has 3 nitrogen and oxygen atoms in total. The molecular weight excluding hydrogens is 209 g/mol. The second-order valence-corrected chi connectivity index (χ2v) is 4.66. The minimum absolute atomic E-state index is 0.0684. The van der Waals surface area contributed by atoms with Crippen LogP contribution in [0.3, 0.4) is 0 Å². The number of benzene rings is 1. The number of halogens is 1. The van der Waals surface area contributed by atoms with Crippen LogP contribution in [0.1, 0.15) is 32.4 Å². The molecule has 0 bridgehead atoms. The Morgan fingerprint density at radius 1 is 1.44 bits per heavy atom. The van der Waals surface area contributed by atoms with Crippen molar-refractivity contribution in [1.82, 2.24) is 0 Å². The molecule has 0 aliphatic heterocycles. The molecule has 0 heterocycles. The van der Waals surface area contributed by atoms with E-state index in [1.807, 2.05) is 20.8 Å². The third kappa shape index (κ3) is 3.47. The average molecular weight is 227 g/mol. The van der Waals surface area contributed by atoms with Gasteiger partial charge in [0.2, 0.25) is 0 Å². The Morgan fingerprint density at radius 3 is 2.50 bits per heavy atom.